The van der Waals surface area contributed by atoms with E-state index >= 15 is 0 Å². The molecule has 0 radical (unpaired) electrons. The second-order valence-electron chi connectivity index (χ2n) is 5.47. The van der Waals surface area contributed by atoms with Crippen molar-refractivity contribution in [1.82, 2.24) is 0 Å². The molecule has 0 saturated carbocycles. The zero-order valence-electron chi connectivity index (χ0n) is 14.0. The first-order valence-corrected chi connectivity index (χ1v) is 8.01. The van der Waals surface area contributed by atoms with Crippen molar-refractivity contribution in [3.05, 3.63) is 59.7 Å². The Morgan fingerprint density at radius 3 is 1.23 bits per heavy atom. The molecule has 22 heavy (non-hydrogen) atoms. The number of hydrogen-bond acceptors (Lipinski definition) is 2. The lowest BCUT2D eigenvalue weighted by atomic mass is 9.97. The van der Waals surface area contributed by atoms with Crippen molar-refractivity contribution in [1.29, 1.82) is 0 Å². The Labute approximate surface area is 134 Å². The zero-order valence-corrected chi connectivity index (χ0v) is 14.0. The predicted molar refractivity (Wildman–Crippen MR) is 99.4 cm³/mol. The SMILES string of the molecule is CCNc1ccc(C(C)=C(C)c2ccc(NCC)cc2)cc1. The summed E-state index contributed by atoms with van der Waals surface area (Å²) >= 11 is 0. The van der Waals surface area contributed by atoms with Gasteiger partial charge in [-0.15, -0.1) is 0 Å². The highest BCUT2D eigenvalue weighted by Crippen LogP contribution is 2.27. The Kier molecular flexibility index (Phi) is 5.65. The number of allylic oxidation sites excluding steroid dienone is 2. The van der Waals surface area contributed by atoms with Gasteiger partial charge in [0.2, 0.25) is 0 Å². The first-order chi connectivity index (χ1) is 10.7. The normalized spacial score (nSPS) is 11.8. The lowest BCUT2D eigenvalue weighted by Crippen LogP contribution is -1.96. The molecule has 2 aromatic rings. The number of benzene rings is 2. The molecule has 2 aromatic carbocycles. The molecule has 0 aliphatic heterocycles. The molecule has 0 heterocycles. The highest BCUT2D eigenvalue weighted by Gasteiger charge is 2.04. The van der Waals surface area contributed by atoms with Crippen LogP contribution in [0.1, 0.15) is 38.8 Å². The quantitative estimate of drug-likeness (QED) is 0.687. The average molecular weight is 294 g/mol. The van der Waals surface area contributed by atoms with Crippen LogP contribution in [0.2, 0.25) is 0 Å². The summed E-state index contributed by atoms with van der Waals surface area (Å²) in [6.45, 7) is 10.5. The summed E-state index contributed by atoms with van der Waals surface area (Å²) in [4.78, 5) is 0. The van der Waals surface area contributed by atoms with Gasteiger partial charge in [0, 0.05) is 24.5 Å². The fraction of sp³-hybridized carbons (Fsp3) is 0.300. The van der Waals surface area contributed by atoms with E-state index in [9.17, 15) is 0 Å². The average Bonchev–Trinajstić information content (AvgIpc) is 2.55. The van der Waals surface area contributed by atoms with E-state index < -0.39 is 0 Å². The Hall–Kier alpha value is -2.22. The molecular formula is C20H26N2. The summed E-state index contributed by atoms with van der Waals surface area (Å²) in [5, 5.41) is 6.66. The molecule has 2 rings (SSSR count). The van der Waals surface area contributed by atoms with Gasteiger partial charge in [0.15, 0.2) is 0 Å². The van der Waals surface area contributed by atoms with Crippen molar-refractivity contribution in [2.45, 2.75) is 27.7 Å². The van der Waals surface area contributed by atoms with Gasteiger partial charge in [-0.25, -0.2) is 0 Å². The monoisotopic (exact) mass is 294 g/mol. The van der Waals surface area contributed by atoms with Crippen molar-refractivity contribution < 1.29 is 0 Å². The van der Waals surface area contributed by atoms with Gasteiger partial charge >= 0.3 is 0 Å². The highest BCUT2D eigenvalue weighted by atomic mass is 14.8. The molecule has 0 amide bonds. The Bertz CT molecular complexity index is 564. The fourth-order valence-electron chi connectivity index (χ4n) is 2.52. The van der Waals surface area contributed by atoms with Crippen LogP contribution in [0.15, 0.2) is 48.5 Å². The number of anilines is 2. The lowest BCUT2D eigenvalue weighted by molar-refractivity contribution is 1.21. The van der Waals surface area contributed by atoms with E-state index in [0.29, 0.717) is 0 Å². The maximum absolute atomic E-state index is 3.33. The molecule has 2 heteroatoms. The maximum Gasteiger partial charge on any atom is 0.0340 e. The van der Waals surface area contributed by atoms with Gasteiger partial charge in [-0.2, -0.15) is 0 Å². The Morgan fingerprint density at radius 1 is 0.636 bits per heavy atom. The molecule has 0 aliphatic rings. The van der Waals surface area contributed by atoms with Crippen molar-refractivity contribution in [3.8, 4) is 0 Å². The van der Waals surface area contributed by atoms with Crippen LogP contribution in [0.25, 0.3) is 11.1 Å². The van der Waals surface area contributed by atoms with Crippen LogP contribution in [-0.4, -0.2) is 13.1 Å². The van der Waals surface area contributed by atoms with Gasteiger partial charge in [0.25, 0.3) is 0 Å². The smallest absolute Gasteiger partial charge is 0.0340 e. The second-order valence-corrected chi connectivity index (χ2v) is 5.47. The molecule has 0 atom stereocenters. The molecule has 2 nitrogen and oxygen atoms in total. The molecule has 0 bridgehead atoms. The van der Waals surface area contributed by atoms with Gasteiger partial charge in [-0.05, 0) is 74.2 Å². The Morgan fingerprint density at radius 2 is 0.955 bits per heavy atom. The van der Waals surface area contributed by atoms with Gasteiger partial charge in [0.05, 0.1) is 0 Å². The molecular weight excluding hydrogens is 268 g/mol. The van der Waals surface area contributed by atoms with Crippen molar-refractivity contribution >= 4 is 22.5 Å². The Balaban J connectivity index is 2.23. The molecule has 0 fully saturated rings. The molecule has 116 valence electrons. The summed E-state index contributed by atoms with van der Waals surface area (Å²) in [5.74, 6) is 0. The van der Waals surface area contributed by atoms with Crippen LogP contribution in [0.5, 0.6) is 0 Å². The fourth-order valence-corrected chi connectivity index (χ4v) is 2.52. The first-order valence-electron chi connectivity index (χ1n) is 8.01. The standard InChI is InChI=1S/C20H26N2/c1-5-21-19-11-7-17(8-12-19)15(3)16(4)18-9-13-20(14-10-18)22-6-2/h7-14,21-22H,5-6H2,1-4H3. The minimum atomic E-state index is 0.950. The van der Waals surface area contributed by atoms with Gasteiger partial charge < -0.3 is 10.6 Å². The third kappa shape index (κ3) is 3.91. The van der Waals surface area contributed by atoms with E-state index in [2.05, 4.69) is 86.9 Å². The largest absolute Gasteiger partial charge is 0.385 e. The van der Waals surface area contributed by atoms with Crippen LogP contribution in [0.4, 0.5) is 11.4 Å². The van der Waals surface area contributed by atoms with Crippen LogP contribution in [-0.2, 0) is 0 Å². The van der Waals surface area contributed by atoms with E-state index in [1.807, 2.05) is 0 Å². The first kappa shape index (κ1) is 16.2. The summed E-state index contributed by atoms with van der Waals surface area (Å²) < 4.78 is 0. The van der Waals surface area contributed by atoms with Crippen LogP contribution in [0.3, 0.4) is 0 Å². The third-order valence-corrected chi connectivity index (χ3v) is 3.96. The molecule has 0 saturated heterocycles. The second kappa shape index (κ2) is 7.69. The number of nitrogens with one attached hydrogen (secondary N) is 2. The van der Waals surface area contributed by atoms with Crippen molar-refractivity contribution in [3.63, 3.8) is 0 Å². The lowest BCUT2D eigenvalue weighted by Gasteiger charge is -2.11. The molecule has 2 N–H and O–H groups in total. The summed E-state index contributed by atoms with van der Waals surface area (Å²) in [7, 11) is 0. The van der Waals surface area contributed by atoms with Crippen molar-refractivity contribution in [2.75, 3.05) is 23.7 Å². The van der Waals surface area contributed by atoms with E-state index in [4.69, 9.17) is 0 Å². The van der Waals surface area contributed by atoms with Gasteiger partial charge in [0.1, 0.15) is 0 Å². The highest BCUT2D eigenvalue weighted by molar-refractivity contribution is 5.89. The molecule has 0 aliphatic carbocycles. The van der Waals surface area contributed by atoms with Crippen molar-refractivity contribution in [2.24, 2.45) is 0 Å². The summed E-state index contributed by atoms with van der Waals surface area (Å²) in [5.41, 5.74) is 7.53. The third-order valence-electron chi connectivity index (χ3n) is 3.96. The minimum Gasteiger partial charge on any atom is -0.385 e. The van der Waals surface area contributed by atoms with Crippen LogP contribution < -0.4 is 10.6 Å². The van der Waals surface area contributed by atoms with Gasteiger partial charge in [-0.1, -0.05) is 24.3 Å². The van der Waals surface area contributed by atoms with E-state index in [1.54, 1.807) is 0 Å². The minimum absolute atomic E-state index is 0.950. The van der Waals surface area contributed by atoms with E-state index in [0.717, 1.165) is 13.1 Å². The molecule has 0 unspecified atom stereocenters. The molecule has 0 spiro atoms. The summed E-state index contributed by atoms with van der Waals surface area (Å²) in [6, 6.07) is 17.3. The topological polar surface area (TPSA) is 24.1 Å². The summed E-state index contributed by atoms with van der Waals surface area (Å²) in [6.07, 6.45) is 0. The van der Waals surface area contributed by atoms with Crippen LogP contribution in [0, 0.1) is 0 Å². The zero-order chi connectivity index (χ0) is 15.9. The maximum atomic E-state index is 3.33. The van der Waals surface area contributed by atoms with Gasteiger partial charge in [-0.3, -0.25) is 0 Å². The molecule has 0 aromatic heterocycles. The number of rotatable bonds is 6. The van der Waals surface area contributed by atoms with E-state index in [-0.39, 0.29) is 0 Å². The van der Waals surface area contributed by atoms with E-state index in [1.165, 1.54) is 33.6 Å². The van der Waals surface area contributed by atoms with Crippen LogP contribution >= 0.6 is 0 Å². The number of hydrogen-bond donors (Lipinski definition) is 2. The predicted octanol–water partition coefficient (Wildman–Crippen LogP) is 5.50.